The van der Waals surface area contributed by atoms with Gasteiger partial charge in [-0.05, 0) is 68.6 Å². The molecule has 0 radical (unpaired) electrons. The number of para-hydroxylation sites is 1. The van der Waals surface area contributed by atoms with Crippen molar-refractivity contribution in [2.75, 3.05) is 33.2 Å². The zero-order valence-corrected chi connectivity index (χ0v) is 17.6. The van der Waals surface area contributed by atoms with Crippen molar-refractivity contribution in [2.24, 2.45) is 5.92 Å². The number of nitrogens with one attached hydrogen (secondary N) is 1. The predicted molar refractivity (Wildman–Crippen MR) is 120 cm³/mol. The van der Waals surface area contributed by atoms with E-state index < -0.39 is 0 Å². The van der Waals surface area contributed by atoms with Crippen molar-refractivity contribution >= 4 is 10.9 Å². The molecule has 2 heterocycles. The van der Waals surface area contributed by atoms with Crippen molar-refractivity contribution in [1.29, 1.82) is 0 Å². The Balaban J connectivity index is 1.30. The highest BCUT2D eigenvalue weighted by molar-refractivity contribution is 5.78. The van der Waals surface area contributed by atoms with Crippen LogP contribution >= 0.6 is 0 Å². The van der Waals surface area contributed by atoms with Crippen molar-refractivity contribution in [3.63, 3.8) is 0 Å². The van der Waals surface area contributed by atoms with Crippen molar-refractivity contribution in [1.82, 2.24) is 14.8 Å². The highest BCUT2D eigenvalue weighted by Gasteiger charge is 2.21. The van der Waals surface area contributed by atoms with Gasteiger partial charge in [0.05, 0.1) is 0 Å². The maximum atomic E-state index is 13.1. The average Bonchev–Trinajstić information content (AvgIpc) is 2.73. The summed E-state index contributed by atoms with van der Waals surface area (Å²) in [5.74, 6) is 0.455. The maximum Gasteiger partial charge on any atom is 0.189 e. The molecule has 1 aliphatic heterocycles. The summed E-state index contributed by atoms with van der Waals surface area (Å²) in [6.45, 7) is 5.01. The van der Waals surface area contributed by atoms with Crippen LogP contribution in [0.5, 0.6) is 0 Å². The Morgan fingerprint density at radius 2 is 1.97 bits per heavy atom. The third kappa shape index (κ3) is 5.35. The molecule has 0 aliphatic carbocycles. The first-order chi connectivity index (χ1) is 14.6. The molecule has 0 spiro atoms. The van der Waals surface area contributed by atoms with Crippen LogP contribution in [-0.2, 0) is 13.0 Å². The molecule has 5 heteroatoms. The van der Waals surface area contributed by atoms with Crippen LogP contribution < -0.4 is 5.43 Å². The number of H-pyrrole nitrogens is 1. The van der Waals surface area contributed by atoms with Crippen molar-refractivity contribution in [3.8, 4) is 0 Å². The Bertz CT molecular complexity index is 1030. The molecule has 1 saturated heterocycles. The quantitative estimate of drug-likeness (QED) is 0.642. The second-order valence-corrected chi connectivity index (χ2v) is 8.59. The molecule has 158 valence electrons. The summed E-state index contributed by atoms with van der Waals surface area (Å²) in [7, 11) is 2.13. The fraction of sp³-hybridized carbons (Fsp3) is 0.400. The number of hydrogen-bond acceptors (Lipinski definition) is 3. The number of aromatic amines is 1. The number of likely N-dealkylation sites (tertiary alicyclic amines) is 1. The standard InChI is InChI=1S/C25H30FN3O/c1-28(18-22-15-25(30)23-6-2-3-7-24(23)27-22)16-20-5-4-13-29(17-20)14-12-19-8-10-21(26)11-9-19/h2-3,6-11,15,20H,4-5,12-14,16-18H2,1H3,(H,27,30)/t20-/m0/s1. The smallest absolute Gasteiger partial charge is 0.189 e. The first-order valence-corrected chi connectivity index (χ1v) is 10.8. The Morgan fingerprint density at radius 1 is 1.17 bits per heavy atom. The van der Waals surface area contributed by atoms with E-state index in [9.17, 15) is 9.18 Å². The lowest BCUT2D eigenvalue weighted by atomic mass is 9.97. The van der Waals surface area contributed by atoms with Gasteiger partial charge in [-0.25, -0.2) is 4.39 Å². The summed E-state index contributed by atoms with van der Waals surface area (Å²) >= 11 is 0. The summed E-state index contributed by atoms with van der Waals surface area (Å²) in [6.07, 6.45) is 3.42. The van der Waals surface area contributed by atoms with Crippen molar-refractivity contribution in [3.05, 3.63) is 81.9 Å². The maximum absolute atomic E-state index is 13.1. The van der Waals surface area contributed by atoms with E-state index in [2.05, 4.69) is 21.8 Å². The van der Waals surface area contributed by atoms with Gasteiger partial charge in [0.1, 0.15) is 5.82 Å². The summed E-state index contributed by atoms with van der Waals surface area (Å²) in [6, 6.07) is 16.3. The number of fused-ring (bicyclic) bond motifs is 1. The lowest BCUT2D eigenvalue weighted by Crippen LogP contribution is -2.40. The van der Waals surface area contributed by atoms with Crippen LogP contribution in [0.3, 0.4) is 0 Å². The first kappa shape index (κ1) is 20.8. The highest BCUT2D eigenvalue weighted by atomic mass is 19.1. The molecule has 4 rings (SSSR count). The predicted octanol–water partition coefficient (Wildman–Crippen LogP) is 4.05. The summed E-state index contributed by atoms with van der Waals surface area (Å²) in [5.41, 5.74) is 3.14. The molecule has 30 heavy (non-hydrogen) atoms. The van der Waals surface area contributed by atoms with E-state index in [1.165, 1.54) is 18.4 Å². The van der Waals surface area contributed by atoms with Crippen LogP contribution in [-0.4, -0.2) is 48.0 Å². The number of rotatable bonds is 7. The lowest BCUT2D eigenvalue weighted by Gasteiger charge is -2.34. The third-order valence-electron chi connectivity index (χ3n) is 6.04. The molecule has 1 atom stereocenters. The van der Waals surface area contributed by atoms with Crippen molar-refractivity contribution < 1.29 is 4.39 Å². The van der Waals surface area contributed by atoms with E-state index in [1.807, 2.05) is 36.4 Å². The summed E-state index contributed by atoms with van der Waals surface area (Å²) < 4.78 is 13.1. The number of aromatic nitrogens is 1. The minimum atomic E-state index is -0.174. The largest absolute Gasteiger partial charge is 0.357 e. The van der Waals surface area contributed by atoms with Gasteiger partial charge in [-0.15, -0.1) is 0 Å². The molecule has 1 N–H and O–H groups in total. The monoisotopic (exact) mass is 407 g/mol. The molecule has 1 aromatic heterocycles. The highest BCUT2D eigenvalue weighted by Crippen LogP contribution is 2.19. The van der Waals surface area contributed by atoms with Crippen LogP contribution in [0.15, 0.2) is 59.4 Å². The van der Waals surface area contributed by atoms with Crippen LogP contribution in [0.4, 0.5) is 4.39 Å². The van der Waals surface area contributed by atoms with E-state index in [1.54, 1.807) is 18.2 Å². The van der Waals surface area contributed by atoms with E-state index in [4.69, 9.17) is 0 Å². The molecule has 0 bridgehead atoms. The normalized spacial score (nSPS) is 17.6. The van der Waals surface area contributed by atoms with Gasteiger partial charge in [-0.2, -0.15) is 0 Å². The van der Waals surface area contributed by atoms with Gasteiger partial charge in [-0.3, -0.25) is 4.79 Å². The van der Waals surface area contributed by atoms with Crippen LogP contribution in [0.1, 0.15) is 24.1 Å². The van der Waals surface area contributed by atoms with E-state index in [0.717, 1.165) is 55.7 Å². The molecular weight excluding hydrogens is 377 g/mol. The second kappa shape index (κ2) is 9.54. The summed E-state index contributed by atoms with van der Waals surface area (Å²) in [4.78, 5) is 20.6. The lowest BCUT2D eigenvalue weighted by molar-refractivity contribution is 0.142. The Kier molecular flexibility index (Phi) is 6.60. The van der Waals surface area contributed by atoms with Gasteiger partial charge in [0.2, 0.25) is 0 Å². The molecule has 1 aliphatic rings. The fourth-order valence-corrected chi connectivity index (χ4v) is 4.58. The molecule has 3 aromatic rings. The van der Waals surface area contributed by atoms with Gasteiger partial charge in [0.25, 0.3) is 0 Å². The summed E-state index contributed by atoms with van der Waals surface area (Å²) in [5, 5.41) is 0.743. The fourth-order valence-electron chi connectivity index (χ4n) is 4.58. The van der Waals surface area contributed by atoms with E-state index in [-0.39, 0.29) is 11.2 Å². The second-order valence-electron chi connectivity index (χ2n) is 8.59. The minimum absolute atomic E-state index is 0.0809. The zero-order chi connectivity index (χ0) is 20.9. The SMILES string of the molecule is CN(Cc1cc(=O)c2ccccc2[nH]1)C[C@@H]1CCCN(CCc2ccc(F)cc2)C1. The Hall–Kier alpha value is -2.50. The molecule has 1 fully saturated rings. The third-order valence-corrected chi connectivity index (χ3v) is 6.04. The molecule has 0 amide bonds. The first-order valence-electron chi connectivity index (χ1n) is 10.8. The number of piperidine rings is 1. The molecule has 2 aromatic carbocycles. The molecule has 0 unspecified atom stereocenters. The zero-order valence-electron chi connectivity index (χ0n) is 17.6. The van der Waals surface area contributed by atoms with Gasteiger partial charge in [0, 0.05) is 48.8 Å². The number of halogens is 1. The minimum Gasteiger partial charge on any atom is -0.357 e. The van der Waals surface area contributed by atoms with Gasteiger partial charge >= 0.3 is 0 Å². The van der Waals surface area contributed by atoms with Crippen LogP contribution in [0.2, 0.25) is 0 Å². The average molecular weight is 408 g/mol. The number of hydrogen-bond donors (Lipinski definition) is 1. The number of pyridine rings is 1. The molecule has 0 saturated carbocycles. The van der Waals surface area contributed by atoms with E-state index >= 15 is 0 Å². The Morgan fingerprint density at radius 3 is 2.80 bits per heavy atom. The van der Waals surface area contributed by atoms with E-state index in [0.29, 0.717) is 5.92 Å². The van der Waals surface area contributed by atoms with Crippen LogP contribution in [0, 0.1) is 11.7 Å². The molecular formula is C25H30FN3O. The molecule has 4 nitrogen and oxygen atoms in total. The van der Waals surface area contributed by atoms with Crippen LogP contribution in [0.25, 0.3) is 10.9 Å². The van der Waals surface area contributed by atoms with Gasteiger partial charge in [-0.1, -0.05) is 24.3 Å². The number of nitrogens with zero attached hydrogens (tertiary/aromatic N) is 2. The van der Waals surface area contributed by atoms with Crippen molar-refractivity contribution in [2.45, 2.75) is 25.8 Å². The topological polar surface area (TPSA) is 39.3 Å². The van der Waals surface area contributed by atoms with Gasteiger partial charge in [0.15, 0.2) is 5.43 Å². The van der Waals surface area contributed by atoms with Gasteiger partial charge < -0.3 is 14.8 Å². The Labute approximate surface area is 177 Å². The number of benzene rings is 2.